The van der Waals surface area contributed by atoms with Crippen molar-refractivity contribution >= 4 is 10.0 Å². The maximum atomic E-state index is 12.1. The first-order chi connectivity index (χ1) is 11.0. The Balaban J connectivity index is 2.06. The third kappa shape index (κ3) is 3.85. The molecule has 2 rings (SSSR count). The minimum atomic E-state index is -3.64. The maximum absolute atomic E-state index is 12.1. The molecule has 0 aliphatic heterocycles. The van der Waals surface area contributed by atoms with Gasteiger partial charge in [-0.25, -0.2) is 12.7 Å². The van der Waals surface area contributed by atoms with E-state index in [9.17, 15) is 8.42 Å². The zero-order valence-corrected chi connectivity index (χ0v) is 13.4. The molecule has 2 aromatic rings. The second-order valence-electron chi connectivity index (χ2n) is 4.70. The van der Waals surface area contributed by atoms with Gasteiger partial charge in [-0.1, -0.05) is 24.5 Å². The minimum absolute atomic E-state index is 0.139. The van der Waals surface area contributed by atoms with E-state index in [1.807, 2.05) is 0 Å². The topological polar surface area (TPSA) is 46.6 Å². The van der Waals surface area contributed by atoms with Crippen LogP contribution in [0.4, 0.5) is 0 Å². The van der Waals surface area contributed by atoms with Crippen LogP contribution in [0.5, 0.6) is 5.75 Å². The molecule has 0 saturated heterocycles. The SMILES string of the molecule is C#Cc1ccc(OCc2ccc(S(=O)(=O)N(C)C#C)cc2)cc1. The fraction of sp³-hybridized carbons (Fsp3) is 0.111. The fourth-order valence-corrected chi connectivity index (χ4v) is 2.73. The lowest BCUT2D eigenvalue weighted by Gasteiger charge is -2.12. The van der Waals surface area contributed by atoms with Crippen molar-refractivity contribution in [3.8, 4) is 30.6 Å². The monoisotopic (exact) mass is 325 g/mol. The second-order valence-corrected chi connectivity index (χ2v) is 6.67. The van der Waals surface area contributed by atoms with E-state index < -0.39 is 10.0 Å². The zero-order valence-electron chi connectivity index (χ0n) is 12.6. The van der Waals surface area contributed by atoms with E-state index in [1.165, 1.54) is 19.2 Å². The lowest BCUT2D eigenvalue weighted by Crippen LogP contribution is -2.21. The summed E-state index contributed by atoms with van der Waals surface area (Å²) >= 11 is 0. The Labute approximate surface area is 136 Å². The van der Waals surface area contributed by atoms with Gasteiger partial charge in [-0.2, -0.15) is 0 Å². The van der Waals surface area contributed by atoms with E-state index in [0.717, 1.165) is 15.4 Å². The van der Waals surface area contributed by atoms with Crippen molar-refractivity contribution in [2.24, 2.45) is 0 Å². The van der Waals surface area contributed by atoms with Crippen LogP contribution < -0.4 is 4.74 Å². The van der Waals surface area contributed by atoms with Gasteiger partial charge in [0.05, 0.1) is 4.90 Å². The number of terminal acetylenes is 2. The Bertz CT molecular complexity index is 854. The summed E-state index contributed by atoms with van der Waals surface area (Å²) in [6.07, 6.45) is 10.4. The van der Waals surface area contributed by atoms with Crippen LogP contribution in [0.3, 0.4) is 0 Å². The molecule has 116 valence electrons. The summed E-state index contributed by atoms with van der Waals surface area (Å²) in [5.74, 6) is 3.22. The molecule has 0 N–H and O–H groups in total. The van der Waals surface area contributed by atoms with Crippen LogP contribution in [0.1, 0.15) is 11.1 Å². The largest absolute Gasteiger partial charge is 0.489 e. The van der Waals surface area contributed by atoms with Crippen molar-refractivity contribution in [1.29, 1.82) is 0 Å². The lowest BCUT2D eigenvalue weighted by atomic mass is 10.2. The average molecular weight is 325 g/mol. The van der Waals surface area contributed by atoms with Gasteiger partial charge in [0.15, 0.2) is 0 Å². The molecule has 5 heteroatoms. The summed E-state index contributed by atoms with van der Waals surface area (Å²) in [7, 11) is -2.32. The van der Waals surface area contributed by atoms with Crippen LogP contribution >= 0.6 is 0 Å². The zero-order chi connectivity index (χ0) is 16.9. The molecule has 0 fully saturated rings. The molecule has 0 spiro atoms. The Kier molecular flexibility index (Phi) is 4.95. The molecule has 0 radical (unpaired) electrons. The molecule has 0 heterocycles. The summed E-state index contributed by atoms with van der Waals surface area (Å²) in [6.45, 7) is 0.320. The summed E-state index contributed by atoms with van der Waals surface area (Å²) < 4.78 is 30.6. The molecule has 0 atom stereocenters. The van der Waals surface area contributed by atoms with Crippen LogP contribution in [0.25, 0.3) is 0 Å². The summed E-state index contributed by atoms with van der Waals surface area (Å²) in [5, 5.41) is 0. The Morgan fingerprint density at radius 3 is 2.17 bits per heavy atom. The molecular weight excluding hydrogens is 310 g/mol. The Morgan fingerprint density at radius 2 is 1.65 bits per heavy atom. The van der Waals surface area contributed by atoms with E-state index in [1.54, 1.807) is 36.4 Å². The summed E-state index contributed by atoms with van der Waals surface area (Å²) in [5.41, 5.74) is 1.62. The van der Waals surface area contributed by atoms with Crippen molar-refractivity contribution < 1.29 is 13.2 Å². The predicted molar refractivity (Wildman–Crippen MR) is 88.9 cm³/mol. The first-order valence-electron chi connectivity index (χ1n) is 6.71. The van der Waals surface area contributed by atoms with Crippen LogP contribution in [0.2, 0.25) is 0 Å². The molecule has 2 aromatic carbocycles. The van der Waals surface area contributed by atoms with Gasteiger partial charge in [-0.3, -0.25) is 0 Å². The molecule has 0 aliphatic carbocycles. The van der Waals surface area contributed by atoms with E-state index in [2.05, 4.69) is 12.0 Å². The number of nitrogens with zero attached hydrogens (tertiary/aromatic N) is 1. The van der Waals surface area contributed by atoms with Crippen molar-refractivity contribution in [1.82, 2.24) is 4.31 Å². The van der Waals surface area contributed by atoms with Gasteiger partial charge in [-0.05, 0) is 42.0 Å². The third-order valence-corrected chi connectivity index (χ3v) is 4.88. The maximum Gasteiger partial charge on any atom is 0.270 e. The van der Waals surface area contributed by atoms with E-state index >= 15 is 0 Å². The third-order valence-electron chi connectivity index (χ3n) is 3.19. The predicted octanol–water partition coefficient (Wildman–Crippen LogP) is 2.46. The van der Waals surface area contributed by atoms with Gasteiger partial charge >= 0.3 is 0 Å². The number of sulfonamides is 1. The Morgan fingerprint density at radius 1 is 1.04 bits per heavy atom. The van der Waals surface area contributed by atoms with E-state index in [4.69, 9.17) is 17.6 Å². The van der Waals surface area contributed by atoms with Gasteiger partial charge < -0.3 is 4.74 Å². The molecule has 0 unspecified atom stereocenters. The first-order valence-corrected chi connectivity index (χ1v) is 8.15. The van der Waals surface area contributed by atoms with Crippen LogP contribution in [0.15, 0.2) is 53.4 Å². The second kappa shape index (κ2) is 6.91. The molecule has 4 nitrogen and oxygen atoms in total. The molecule has 0 aliphatic rings. The molecule has 0 aromatic heterocycles. The lowest BCUT2D eigenvalue weighted by molar-refractivity contribution is 0.306. The number of hydrogen-bond donors (Lipinski definition) is 0. The highest BCUT2D eigenvalue weighted by Crippen LogP contribution is 2.17. The highest BCUT2D eigenvalue weighted by Gasteiger charge is 2.17. The van der Waals surface area contributed by atoms with Crippen LogP contribution in [-0.2, 0) is 16.6 Å². The molecule has 23 heavy (non-hydrogen) atoms. The van der Waals surface area contributed by atoms with Crippen molar-refractivity contribution in [3.63, 3.8) is 0 Å². The highest BCUT2D eigenvalue weighted by atomic mass is 32.2. The molecule has 0 amide bonds. The van der Waals surface area contributed by atoms with Crippen LogP contribution in [-0.4, -0.2) is 19.8 Å². The van der Waals surface area contributed by atoms with Gasteiger partial charge in [0.1, 0.15) is 12.4 Å². The van der Waals surface area contributed by atoms with Crippen molar-refractivity contribution in [2.45, 2.75) is 11.5 Å². The van der Waals surface area contributed by atoms with Gasteiger partial charge in [0, 0.05) is 18.7 Å². The fourth-order valence-electron chi connectivity index (χ4n) is 1.80. The minimum Gasteiger partial charge on any atom is -0.489 e. The van der Waals surface area contributed by atoms with Gasteiger partial charge in [-0.15, -0.1) is 6.42 Å². The van der Waals surface area contributed by atoms with Crippen molar-refractivity contribution in [3.05, 3.63) is 59.7 Å². The number of rotatable bonds is 5. The van der Waals surface area contributed by atoms with E-state index in [-0.39, 0.29) is 4.90 Å². The highest BCUT2D eigenvalue weighted by molar-refractivity contribution is 7.89. The molecular formula is C18H15NO3S. The first kappa shape index (κ1) is 16.5. The van der Waals surface area contributed by atoms with Gasteiger partial charge in [0.2, 0.25) is 0 Å². The van der Waals surface area contributed by atoms with Gasteiger partial charge in [0.25, 0.3) is 10.0 Å². The summed E-state index contributed by atoms with van der Waals surface area (Å²) in [4.78, 5) is 0.139. The normalized spacial score (nSPS) is 10.4. The quantitative estimate of drug-likeness (QED) is 0.627. The average Bonchev–Trinajstić information content (AvgIpc) is 2.60. The number of benzene rings is 2. The molecule has 0 saturated carbocycles. The van der Waals surface area contributed by atoms with Crippen LogP contribution in [0, 0.1) is 24.8 Å². The molecule has 0 bridgehead atoms. The summed E-state index contributed by atoms with van der Waals surface area (Å²) in [6, 6.07) is 15.6. The standard InChI is InChI=1S/C18H15NO3S/c1-4-15-6-10-17(11-7-15)22-14-16-8-12-18(13-9-16)23(20,21)19(3)5-2/h1-2,6-13H,14H2,3H3. The Hall–Kier alpha value is -2.89. The van der Waals surface area contributed by atoms with Crippen molar-refractivity contribution in [2.75, 3.05) is 7.05 Å². The number of ether oxygens (including phenoxy) is 1. The number of hydrogen-bond acceptors (Lipinski definition) is 3. The van der Waals surface area contributed by atoms with E-state index in [0.29, 0.717) is 12.4 Å². The smallest absolute Gasteiger partial charge is 0.270 e.